The number of aryl methyl sites for hydroxylation is 1. The molecular formula is C30H31N5O4. The van der Waals surface area contributed by atoms with Crippen LogP contribution in [0.5, 0.6) is 11.5 Å². The third-order valence-corrected chi connectivity index (χ3v) is 6.50. The number of aliphatic hydroxyl groups excluding tert-OH is 1. The summed E-state index contributed by atoms with van der Waals surface area (Å²) in [6.07, 6.45) is -1.26. The summed E-state index contributed by atoms with van der Waals surface area (Å²) in [6.45, 7) is 7.72. The second kappa shape index (κ2) is 9.99. The molecule has 0 fully saturated rings. The first-order valence-corrected chi connectivity index (χ1v) is 12.7. The van der Waals surface area contributed by atoms with Crippen molar-refractivity contribution < 1.29 is 20.1 Å². The van der Waals surface area contributed by atoms with Gasteiger partial charge < -0.3 is 26.1 Å². The lowest BCUT2D eigenvalue weighted by molar-refractivity contribution is -0.110. The van der Waals surface area contributed by atoms with Gasteiger partial charge in [-0.05, 0) is 52.0 Å². The van der Waals surface area contributed by atoms with E-state index in [0.717, 1.165) is 5.56 Å². The van der Waals surface area contributed by atoms with Crippen molar-refractivity contribution in [3.8, 4) is 11.5 Å². The van der Waals surface area contributed by atoms with Gasteiger partial charge in [0, 0.05) is 33.8 Å². The summed E-state index contributed by atoms with van der Waals surface area (Å²) in [5.74, 6) is -0.453. The topological polar surface area (TPSA) is 139 Å². The number of fused-ring (bicyclic) bond motifs is 4. The highest BCUT2D eigenvalue weighted by molar-refractivity contribution is 6.43. The van der Waals surface area contributed by atoms with Gasteiger partial charge in [-0.3, -0.25) is 9.79 Å². The summed E-state index contributed by atoms with van der Waals surface area (Å²) in [5, 5.41) is 42.7. The Hall–Kier alpha value is -4.50. The van der Waals surface area contributed by atoms with Crippen LogP contribution in [-0.2, 0) is 4.79 Å². The number of anilines is 1. The molecule has 1 aliphatic heterocycles. The normalized spacial score (nSPS) is 17.3. The molecule has 200 valence electrons. The van der Waals surface area contributed by atoms with E-state index in [2.05, 4.69) is 20.8 Å². The minimum Gasteiger partial charge on any atom is -0.507 e. The van der Waals surface area contributed by atoms with Crippen LogP contribution in [0.25, 0.3) is 21.5 Å². The number of phenols is 2. The smallest absolute Gasteiger partial charge is 0.271 e. The third kappa shape index (κ3) is 5.26. The zero-order chi connectivity index (χ0) is 27.9. The summed E-state index contributed by atoms with van der Waals surface area (Å²) in [7, 11) is 0. The number of hydrazone groups is 1. The Morgan fingerprint density at radius 2 is 1.59 bits per heavy atom. The fourth-order valence-corrected chi connectivity index (χ4v) is 4.50. The van der Waals surface area contributed by atoms with Crippen LogP contribution in [0.15, 0.2) is 75.7 Å². The highest BCUT2D eigenvalue weighted by Crippen LogP contribution is 2.39. The number of nitrogens with one attached hydrogen (secondary N) is 2. The van der Waals surface area contributed by atoms with Crippen LogP contribution in [0, 0.1) is 6.92 Å². The van der Waals surface area contributed by atoms with Crippen LogP contribution in [0.1, 0.15) is 32.8 Å². The van der Waals surface area contributed by atoms with Gasteiger partial charge in [-0.1, -0.05) is 42.0 Å². The lowest BCUT2D eigenvalue weighted by Gasteiger charge is -2.22. The van der Waals surface area contributed by atoms with E-state index in [-0.39, 0.29) is 23.6 Å². The van der Waals surface area contributed by atoms with Crippen molar-refractivity contribution in [2.24, 2.45) is 15.1 Å². The number of carbonyl (C=O) groups is 1. The Kier molecular flexibility index (Phi) is 6.69. The minimum absolute atomic E-state index is 0.0215. The predicted molar refractivity (Wildman–Crippen MR) is 152 cm³/mol. The molecular weight excluding hydrogens is 494 g/mol. The van der Waals surface area contributed by atoms with Crippen molar-refractivity contribution in [3.05, 3.63) is 76.9 Å². The Bertz CT molecular complexity index is 1740. The fraction of sp³-hybridized carbons (Fsp3) is 0.267. The third-order valence-electron chi connectivity index (χ3n) is 6.50. The molecule has 1 aliphatic rings. The molecule has 0 bridgehead atoms. The molecule has 0 aliphatic carbocycles. The summed E-state index contributed by atoms with van der Waals surface area (Å²) < 4.78 is 0. The monoisotopic (exact) mass is 525 g/mol. The quantitative estimate of drug-likeness (QED) is 0.118. The van der Waals surface area contributed by atoms with Crippen LogP contribution in [0.2, 0.25) is 0 Å². The molecule has 4 aromatic carbocycles. The summed E-state index contributed by atoms with van der Waals surface area (Å²) in [5.41, 5.74) is 4.39. The zero-order valence-electron chi connectivity index (χ0n) is 22.2. The molecule has 0 aromatic heterocycles. The van der Waals surface area contributed by atoms with E-state index < -0.39 is 23.7 Å². The van der Waals surface area contributed by atoms with E-state index >= 15 is 0 Å². The maximum Gasteiger partial charge on any atom is 0.271 e. The number of hydrogen-bond acceptors (Lipinski definition) is 8. The molecule has 1 heterocycles. The van der Waals surface area contributed by atoms with Crippen molar-refractivity contribution in [3.63, 3.8) is 0 Å². The lowest BCUT2D eigenvalue weighted by atomic mass is 9.99. The van der Waals surface area contributed by atoms with Gasteiger partial charge in [0.1, 0.15) is 23.3 Å². The maximum absolute atomic E-state index is 13.3. The van der Waals surface area contributed by atoms with Crippen LogP contribution in [0.4, 0.5) is 5.69 Å². The molecule has 0 saturated heterocycles. The summed E-state index contributed by atoms with van der Waals surface area (Å²) >= 11 is 0. The molecule has 1 amide bonds. The Balaban J connectivity index is 1.58. The van der Waals surface area contributed by atoms with Crippen molar-refractivity contribution in [2.75, 3.05) is 5.32 Å². The van der Waals surface area contributed by atoms with Crippen LogP contribution < -0.4 is 21.5 Å². The Labute approximate surface area is 225 Å². The average molecular weight is 526 g/mol. The van der Waals surface area contributed by atoms with E-state index in [9.17, 15) is 20.1 Å². The van der Waals surface area contributed by atoms with Gasteiger partial charge in [0.25, 0.3) is 5.91 Å². The van der Waals surface area contributed by atoms with E-state index in [0.29, 0.717) is 37.9 Å². The van der Waals surface area contributed by atoms with Gasteiger partial charge in [-0.25, -0.2) is 4.99 Å². The number of rotatable bonds is 5. The van der Waals surface area contributed by atoms with Crippen molar-refractivity contribution in [1.82, 2.24) is 5.43 Å². The second-order valence-corrected chi connectivity index (χ2v) is 10.8. The predicted octanol–water partition coefficient (Wildman–Crippen LogP) is 3.43. The molecule has 4 aromatic rings. The van der Waals surface area contributed by atoms with E-state index in [1.165, 1.54) is 0 Å². The molecule has 39 heavy (non-hydrogen) atoms. The number of hydrogen-bond donors (Lipinski definition) is 5. The van der Waals surface area contributed by atoms with Crippen molar-refractivity contribution in [2.45, 2.75) is 51.9 Å². The summed E-state index contributed by atoms with van der Waals surface area (Å²) in [6, 6.07) is 16.8. The number of aliphatic hydroxyl groups is 1. The Morgan fingerprint density at radius 3 is 2.26 bits per heavy atom. The Morgan fingerprint density at radius 1 is 0.923 bits per heavy atom. The molecule has 5 rings (SSSR count). The number of aromatic hydroxyl groups is 2. The average Bonchev–Trinajstić information content (AvgIpc) is 2.90. The van der Waals surface area contributed by atoms with E-state index in [1.54, 1.807) is 48.5 Å². The zero-order valence-corrected chi connectivity index (χ0v) is 22.2. The molecule has 0 unspecified atom stereocenters. The molecule has 0 spiro atoms. The summed E-state index contributed by atoms with van der Waals surface area (Å²) in [4.78, 5) is 22.4. The minimum atomic E-state index is -1.24. The second-order valence-electron chi connectivity index (χ2n) is 10.8. The van der Waals surface area contributed by atoms with Crippen LogP contribution >= 0.6 is 0 Å². The number of nitrogens with zero attached hydrogens (tertiary/aromatic N) is 3. The molecule has 0 saturated carbocycles. The standard InChI is InChI=1S/C30H31N5O4/c1-16-9-11-17(12-10-16)31-29(39)23(34-35-30(2,3)4)15-22-28(38)33-21-14-13-20-24(25(21)32-22)27(37)19-8-6-5-7-18(19)26(20)36/h5-14,22,28,35-38H,15H2,1-4H3,(H,31,39)/b34-23-/t22-,28-/m0/s1. The van der Waals surface area contributed by atoms with Crippen LogP contribution in [0.3, 0.4) is 0 Å². The first-order valence-electron chi connectivity index (χ1n) is 12.7. The van der Waals surface area contributed by atoms with Crippen molar-refractivity contribution >= 4 is 38.9 Å². The molecule has 0 radical (unpaired) electrons. The first kappa shape index (κ1) is 26.1. The van der Waals surface area contributed by atoms with Gasteiger partial charge in [0.15, 0.2) is 6.23 Å². The van der Waals surface area contributed by atoms with Gasteiger partial charge >= 0.3 is 0 Å². The van der Waals surface area contributed by atoms with Gasteiger partial charge in [0.05, 0.1) is 16.1 Å². The number of carbonyl (C=O) groups excluding carboxylic acids is 1. The van der Waals surface area contributed by atoms with Crippen molar-refractivity contribution in [1.29, 1.82) is 0 Å². The van der Waals surface area contributed by atoms with Gasteiger partial charge in [-0.2, -0.15) is 5.10 Å². The number of benzene rings is 4. The van der Waals surface area contributed by atoms with Crippen LogP contribution in [-0.4, -0.2) is 44.7 Å². The van der Waals surface area contributed by atoms with E-state index in [1.807, 2.05) is 39.8 Å². The maximum atomic E-state index is 13.3. The van der Waals surface area contributed by atoms with Gasteiger partial charge in [-0.15, -0.1) is 0 Å². The SMILES string of the molecule is Cc1ccc(NC(=O)/C(C[C@@H]2N=c3c(ccc4c(O)c5ccccc5c(O)c34)=N[C@H]2O)=N\NC(C)(C)C)cc1. The molecule has 9 nitrogen and oxygen atoms in total. The number of amides is 1. The largest absolute Gasteiger partial charge is 0.507 e. The molecule has 5 N–H and O–H groups in total. The molecule has 2 atom stereocenters. The number of phenolic OH excluding ortho intramolecular Hbond substituents is 2. The highest BCUT2D eigenvalue weighted by Gasteiger charge is 2.28. The highest BCUT2D eigenvalue weighted by atomic mass is 16.3. The lowest BCUT2D eigenvalue weighted by Crippen LogP contribution is -2.42. The first-order chi connectivity index (χ1) is 18.5. The van der Waals surface area contributed by atoms with Gasteiger partial charge in [0.2, 0.25) is 0 Å². The molecule has 9 heteroatoms. The fourth-order valence-electron chi connectivity index (χ4n) is 4.50. The van der Waals surface area contributed by atoms with E-state index in [4.69, 9.17) is 4.99 Å².